The average molecular weight is 249 g/mol. The minimum Gasteiger partial charge on any atom is -0.331 e. The number of urea groups is 1. The summed E-state index contributed by atoms with van der Waals surface area (Å²) in [6.45, 7) is 4.41. The van der Waals surface area contributed by atoms with Gasteiger partial charge in [-0.05, 0) is 19.4 Å². The number of carbonyl (C=O) groups is 1. The van der Waals surface area contributed by atoms with Crippen molar-refractivity contribution in [2.45, 2.75) is 26.3 Å². The zero-order chi connectivity index (χ0) is 13.3. The minimum absolute atomic E-state index is 0.0493. The highest BCUT2D eigenvalue weighted by Crippen LogP contribution is 2.33. The molecule has 1 aliphatic heterocycles. The van der Waals surface area contributed by atoms with E-state index in [-0.39, 0.29) is 17.8 Å². The van der Waals surface area contributed by atoms with Crippen LogP contribution in [0.3, 0.4) is 0 Å². The van der Waals surface area contributed by atoms with Crippen LogP contribution in [0.5, 0.6) is 0 Å². The number of hydrogen-bond donors (Lipinski definition) is 1. The number of benzene rings is 1. The van der Waals surface area contributed by atoms with Crippen molar-refractivity contribution in [3.05, 3.63) is 33.9 Å². The van der Waals surface area contributed by atoms with Crippen LogP contribution < -0.4 is 10.2 Å². The Hall–Kier alpha value is -2.11. The largest absolute Gasteiger partial charge is 0.331 e. The Morgan fingerprint density at radius 1 is 1.50 bits per heavy atom. The average Bonchev–Trinajstić information content (AvgIpc) is 2.33. The molecular formula is C12H15N3O3. The van der Waals surface area contributed by atoms with Crippen molar-refractivity contribution in [1.29, 1.82) is 0 Å². The fraction of sp³-hybridized carbons (Fsp3) is 0.417. The molecule has 1 aromatic rings. The molecule has 1 atom stereocenters. The number of amides is 2. The summed E-state index contributed by atoms with van der Waals surface area (Å²) in [5.74, 6) is 0. The molecule has 18 heavy (non-hydrogen) atoms. The fourth-order valence-electron chi connectivity index (χ4n) is 2.14. The molecule has 6 nitrogen and oxygen atoms in total. The summed E-state index contributed by atoms with van der Waals surface area (Å²) in [7, 11) is 0. The molecule has 1 unspecified atom stereocenters. The highest BCUT2D eigenvalue weighted by atomic mass is 16.6. The Bertz CT molecular complexity index is 501. The Balaban J connectivity index is 2.48. The zero-order valence-corrected chi connectivity index (χ0v) is 10.3. The Morgan fingerprint density at radius 3 is 2.83 bits per heavy atom. The molecule has 0 spiro atoms. The molecule has 0 bridgehead atoms. The number of nitrogens with one attached hydrogen (secondary N) is 1. The van der Waals surface area contributed by atoms with Crippen LogP contribution in [0.15, 0.2) is 18.2 Å². The van der Waals surface area contributed by atoms with Crippen molar-refractivity contribution in [2.75, 3.05) is 11.4 Å². The lowest BCUT2D eigenvalue weighted by molar-refractivity contribution is -0.384. The second-order valence-corrected chi connectivity index (χ2v) is 4.32. The molecule has 2 rings (SSSR count). The maximum atomic E-state index is 11.9. The quantitative estimate of drug-likeness (QED) is 0.660. The van der Waals surface area contributed by atoms with Gasteiger partial charge in [-0.25, -0.2) is 4.79 Å². The predicted octanol–water partition coefficient (Wildman–Crippen LogP) is 2.60. The van der Waals surface area contributed by atoms with Gasteiger partial charge < -0.3 is 5.32 Å². The molecule has 2 amide bonds. The molecule has 1 aliphatic rings. The lowest BCUT2D eigenvalue weighted by atomic mass is 10.0. The maximum absolute atomic E-state index is 11.9. The van der Waals surface area contributed by atoms with Crippen LogP contribution in [-0.4, -0.2) is 17.5 Å². The van der Waals surface area contributed by atoms with E-state index < -0.39 is 4.92 Å². The molecule has 1 aromatic carbocycles. The van der Waals surface area contributed by atoms with Gasteiger partial charge in [-0.1, -0.05) is 6.92 Å². The van der Waals surface area contributed by atoms with E-state index in [0.29, 0.717) is 6.54 Å². The predicted molar refractivity (Wildman–Crippen MR) is 67.7 cm³/mol. The summed E-state index contributed by atoms with van der Waals surface area (Å²) in [5, 5.41) is 13.6. The van der Waals surface area contributed by atoms with Crippen LogP contribution in [0.25, 0.3) is 0 Å². The van der Waals surface area contributed by atoms with Gasteiger partial charge in [0, 0.05) is 24.2 Å². The van der Waals surface area contributed by atoms with Gasteiger partial charge in [-0.15, -0.1) is 0 Å². The van der Waals surface area contributed by atoms with Gasteiger partial charge >= 0.3 is 6.03 Å². The first-order chi connectivity index (χ1) is 8.54. The van der Waals surface area contributed by atoms with Crippen LogP contribution in [0.2, 0.25) is 0 Å². The Labute approximate surface area is 105 Å². The maximum Gasteiger partial charge on any atom is 0.322 e. The summed E-state index contributed by atoms with van der Waals surface area (Å²) in [6, 6.07) is 4.26. The summed E-state index contributed by atoms with van der Waals surface area (Å²) < 4.78 is 0. The Kier molecular flexibility index (Phi) is 3.18. The van der Waals surface area contributed by atoms with Gasteiger partial charge in [-0.3, -0.25) is 15.0 Å². The Morgan fingerprint density at radius 2 is 2.22 bits per heavy atom. The van der Waals surface area contributed by atoms with Gasteiger partial charge in [0.05, 0.1) is 16.7 Å². The van der Waals surface area contributed by atoms with E-state index in [1.807, 2.05) is 13.8 Å². The molecule has 0 aromatic heterocycles. The zero-order valence-electron chi connectivity index (χ0n) is 10.3. The van der Waals surface area contributed by atoms with Crippen molar-refractivity contribution in [3.63, 3.8) is 0 Å². The number of rotatable bonds is 3. The molecule has 6 heteroatoms. The number of hydrogen-bond acceptors (Lipinski definition) is 3. The smallest absolute Gasteiger partial charge is 0.322 e. The van der Waals surface area contributed by atoms with Gasteiger partial charge in [0.1, 0.15) is 0 Å². The number of nitrogens with zero attached hydrogens (tertiary/aromatic N) is 2. The SMILES string of the molecule is CCCN1C(=O)NC(C)c2cc([N+](=O)[O-])ccc21. The normalized spacial score (nSPS) is 18.2. The van der Waals surface area contributed by atoms with E-state index in [1.165, 1.54) is 12.1 Å². The van der Waals surface area contributed by atoms with E-state index in [2.05, 4.69) is 5.32 Å². The number of non-ortho nitro benzene ring substituents is 1. The van der Waals surface area contributed by atoms with Crippen LogP contribution in [-0.2, 0) is 0 Å². The molecule has 1 heterocycles. The highest BCUT2D eigenvalue weighted by molar-refractivity contribution is 5.95. The van der Waals surface area contributed by atoms with Crippen molar-refractivity contribution in [3.8, 4) is 0 Å². The number of nitro benzene ring substituents is 1. The van der Waals surface area contributed by atoms with Gasteiger partial charge in [-0.2, -0.15) is 0 Å². The van der Waals surface area contributed by atoms with E-state index in [0.717, 1.165) is 17.7 Å². The van der Waals surface area contributed by atoms with Crippen LogP contribution >= 0.6 is 0 Å². The third-order valence-electron chi connectivity index (χ3n) is 3.01. The third-order valence-corrected chi connectivity index (χ3v) is 3.01. The number of nitro groups is 1. The summed E-state index contributed by atoms with van der Waals surface area (Å²) in [4.78, 5) is 23.8. The highest BCUT2D eigenvalue weighted by Gasteiger charge is 2.29. The van der Waals surface area contributed by atoms with E-state index in [1.54, 1.807) is 11.0 Å². The standard InChI is InChI=1S/C12H15N3O3/c1-3-6-14-11-5-4-9(15(17)18)7-10(11)8(2)13-12(14)16/h4-5,7-8H,3,6H2,1-2H3,(H,13,16). The van der Waals surface area contributed by atoms with Gasteiger partial charge in [0.25, 0.3) is 5.69 Å². The molecule has 0 fully saturated rings. The van der Waals surface area contributed by atoms with Gasteiger partial charge in [0.15, 0.2) is 0 Å². The number of fused-ring (bicyclic) bond motifs is 1. The number of carbonyl (C=O) groups excluding carboxylic acids is 1. The van der Waals surface area contributed by atoms with Crippen molar-refractivity contribution in [2.24, 2.45) is 0 Å². The second-order valence-electron chi connectivity index (χ2n) is 4.32. The van der Waals surface area contributed by atoms with Crippen LogP contribution in [0, 0.1) is 10.1 Å². The van der Waals surface area contributed by atoms with Crippen molar-refractivity contribution < 1.29 is 9.72 Å². The van der Waals surface area contributed by atoms with Crippen molar-refractivity contribution in [1.82, 2.24) is 5.32 Å². The van der Waals surface area contributed by atoms with Gasteiger partial charge in [0.2, 0.25) is 0 Å². The lowest BCUT2D eigenvalue weighted by Crippen LogP contribution is -2.46. The van der Waals surface area contributed by atoms with Crippen LogP contribution in [0.4, 0.5) is 16.2 Å². The molecular weight excluding hydrogens is 234 g/mol. The molecule has 0 aliphatic carbocycles. The first kappa shape index (κ1) is 12.3. The van der Waals surface area contributed by atoms with E-state index >= 15 is 0 Å². The third kappa shape index (κ3) is 2.01. The van der Waals surface area contributed by atoms with E-state index in [4.69, 9.17) is 0 Å². The lowest BCUT2D eigenvalue weighted by Gasteiger charge is -2.33. The number of anilines is 1. The van der Waals surface area contributed by atoms with E-state index in [9.17, 15) is 14.9 Å². The molecule has 1 N–H and O–H groups in total. The fourth-order valence-corrected chi connectivity index (χ4v) is 2.14. The summed E-state index contributed by atoms with van der Waals surface area (Å²) in [5.41, 5.74) is 1.60. The van der Waals surface area contributed by atoms with Crippen LogP contribution in [0.1, 0.15) is 31.9 Å². The second kappa shape index (κ2) is 4.64. The summed E-state index contributed by atoms with van der Waals surface area (Å²) in [6.07, 6.45) is 0.832. The first-order valence-corrected chi connectivity index (χ1v) is 5.91. The molecule has 0 saturated carbocycles. The monoisotopic (exact) mass is 249 g/mol. The molecule has 96 valence electrons. The first-order valence-electron chi connectivity index (χ1n) is 5.91. The summed E-state index contributed by atoms with van der Waals surface area (Å²) >= 11 is 0. The van der Waals surface area contributed by atoms with Crippen molar-refractivity contribution >= 4 is 17.4 Å². The molecule has 0 radical (unpaired) electrons. The topological polar surface area (TPSA) is 75.5 Å². The molecule has 0 saturated heterocycles. The minimum atomic E-state index is -0.423.